The van der Waals surface area contributed by atoms with Crippen molar-refractivity contribution in [3.8, 4) is 0 Å². The molecular formula is C13H13Cl2P. The van der Waals surface area contributed by atoms with Crippen LogP contribution in [0.15, 0.2) is 34.6 Å². The van der Waals surface area contributed by atoms with Crippen LogP contribution in [-0.4, -0.2) is 0 Å². The smallest absolute Gasteiger partial charge is 0.0483 e. The van der Waals surface area contributed by atoms with Gasteiger partial charge in [0.05, 0.1) is 0 Å². The van der Waals surface area contributed by atoms with Gasteiger partial charge in [0, 0.05) is 10.1 Å². The van der Waals surface area contributed by atoms with Gasteiger partial charge in [-0.1, -0.05) is 35.3 Å². The van der Waals surface area contributed by atoms with Crippen LogP contribution in [0.5, 0.6) is 0 Å². The summed E-state index contributed by atoms with van der Waals surface area (Å²) >= 11 is 12.4. The summed E-state index contributed by atoms with van der Waals surface area (Å²) in [6.07, 6.45) is 4.00. The minimum absolute atomic E-state index is 0.808. The maximum absolute atomic E-state index is 6.24. The molecule has 1 aromatic rings. The van der Waals surface area contributed by atoms with Crippen molar-refractivity contribution in [1.82, 2.24) is 0 Å². The van der Waals surface area contributed by atoms with E-state index in [1.54, 1.807) is 0 Å². The van der Waals surface area contributed by atoms with E-state index in [-0.39, 0.29) is 0 Å². The van der Waals surface area contributed by atoms with E-state index in [9.17, 15) is 0 Å². The Morgan fingerprint density at radius 3 is 2.56 bits per heavy atom. The maximum atomic E-state index is 6.24. The van der Waals surface area contributed by atoms with Gasteiger partial charge < -0.3 is 0 Å². The molecule has 84 valence electrons. The third-order valence-corrected chi connectivity index (χ3v) is 4.19. The molecule has 0 saturated carbocycles. The topological polar surface area (TPSA) is 0 Å². The maximum Gasteiger partial charge on any atom is 0.0483 e. The first kappa shape index (κ1) is 12.2. The van der Waals surface area contributed by atoms with Gasteiger partial charge >= 0.3 is 0 Å². The van der Waals surface area contributed by atoms with Crippen molar-refractivity contribution in [2.75, 3.05) is 0 Å². The van der Waals surface area contributed by atoms with Crippen LogP contribution < -0.4 is 0 Å². The molecule has 0 fully saturated rings. The Bertz CT molecular complexity index is 487. The highest BCUT2D eigenvalue weighted by atomic mass is 35.5. The standard InChI is InChI=1S/C13H13Cl2P/c1-8-2-4-10(11(14)6-8)9-3-5-13(16)12(15)7-9/h2,4,6-7H,3,5,16H2,1H3. The lowest BCUT2D eigenvalue weighted by molar-refractivity contribution is 1.03. The van der Waals surface area contributed by atoms with Crippen molar-refractivity contribution in [3.63, 3.8) is 0 Å². The molecule has 1 aliphatic rings. The van der Waals surface area contributed by atoms with Crippen LogP contribution in [0.2, 0.25) is 5.02 Å². The van der Waals surface area contributed by atoms with E-state index in [0.29, 0.717) is 0 Å². The number of rotatable bonds is 1. The molecule has 0 bridgehead atoms. The van der Waals surface area contributed by atoms with E-state index < -0.39 is 0 Å². The van der Waals surface area contributed by atoms with Crippen LogP contribution in [0, 0.1) is 6.92 Å². The fourth-order valence-electron chi connectivity index (χ4n) is 1.80. The number of aryl methyl sites for hydroxylation is 1. The summed E-state index contributed by atoms with van der Waals surface area (Å²) in [7, 11) is 2.69. The minimum atomic E-state index is 0.808. The number of hydrogen-bond donors (Lipinski definition) is 0. The van der Waals surface area contributed by atoms with Gasteiger partial charge in [0.25, 0.3) is 0 Å². The summed E-state index contributed by atoms with van der Waals surface area (Å²) in [5.74, 6) is 0. The van der Waals surface area contributed by atoms with Crippen LogP contribution >= 0.6 is 32.4 Å². The largest absolute Gasteiger partial charge is 0.108 e. The molecule has 1 atom stereocenters. The van der Waals surface area contributed by atoms with E-state index in [0.717, 1.165) is 28.5 Å². The van der Waals surface area contributed by atoms with Crippen LogP contribution in [0.3, 0.4) is 0 Å². The quantitative estimate of drug-likeness (QED) is 0.619. The van der Waals surface area contributed by atoms with E-state index in [1.807, 2.05) is 19.1 Å². The van der Waals surface area contributed by atoms with E-state index in [4.69, 9.17) is 23.2 Å². The molecule has 0 radical (unpaired) electrons. The number of halogens is 2. The normalized spacial score (nSPS) is 16.4. The van der Waals surface area contributed by atoms with Crippen molar-refractivity contribution >= 4 is 38.0 Å². The first-order valence-electron chi connectivity index (χ1n) is 5.19. The first-order chi connectivity index (χ1) is 7.58. The number of hydrogen-bond acceptors (Lipinski definition) is 0. The summed E-state index contributed by atoms with van der Waals surface area (Å²) < 4.78 is 0. The number of allylic oxidation sites excluding steroid dienone is 4. The zero-order chi connectivity index (χ0) is 11.7. The van der Waals surface area contributed by atoms with Crippen LogP contribution in [-0.2, 0) is 0 Å². The molecular weight excluding hydrogens is 258 g/mol. The van der Waals surface area contributed by atoms with Crippen molar-refractivity contribution in [1.29, 1.82) is 0 Å². The predicted octanol–water partition coefficient (Wildman–Crippen LogP) is 5.15. The van der Waals surface area contributed by atoms with E-state index >= 15 is 0 Å². The van der Waals surface area contributed by atoms with E-state index in [1.165, 1.54) is 16.5 Å². The molecule has 2 rings (SSSR count). The molecule has 0 saturated heterocycles. The van der Waals surface area contributed by atoms with Crippen molar-refractivity contribution in [3.05, 3.63) is 50.8 Å². The van der Waals surface area contributed by atoms with Crippen molar-refractivity contribution < 1.29 is 0 Å². The molecule has 1 unspecified atom stereocenters. The number of benzene rings is 1. The predicted molar refractivity (Wildman–Crippen MR) is 76.0 cm³/mol. The summed E-state index contributed by atoms with van der Waals surface area (Å²) in [5, 5.41) is 2.81. The summed E-state index contributed by atoms with van der Waals surface area (Å²) in [6.45, 7) is 2.04. The second-order valence-electron chi connectivity index (χ2n) is 4.03. The lowest BCUT2D eigenvalue weighted by atomic mass is 9.96. The molecule has 0 aliphatic heterocycles. The molecule has 1 aromatic carbocycles. The van der Waals surface area contributed by atoms with Gasteiger partial charge in [-0.25, -0.2) is 0 Å². The summed E-state index contributed by atoms with van der Waals surface area (Å²) in [6, 6.07) is 6.14. The minimum Gasteiger partial charge on any atom is -0.108 e. The first-order valence-corrected chi connectivity index (χ1v) is 6.52. The lowest BCUT2D eigenvalue weighted by Gasteiger charge is -2.16. The molecule has 1 aliphatic carbocycles. The second-order valence-corrected chi connectivity index (χ2v) is 5.54. The molecule has 0 heterocycles. The molecule has 0 nitrogen and oxygen atoms in total. The average Bonchev–Trinajstić information content (AvgIpc) is 2.22. The Kier molecular flexibility index (Phi) is 3.74. The van der Waals surface area contributed by atoms with Gasteiger partial charge in [0.2, 0.25) is 0 Å². The van der Waals surface area contributed by atoms with Gasteiger partial charge in [0.15, 0.2) is 0 Å². The lowest BCUT2D eigenvalue weighted by Crippen LogP contribution is -1.93. The van der Waals surface area contributed by atoms with E-state index in [2.05, 4.69) is 21.4 Å². The highest BCUT2D eigenvalue weighted by molar-refractivity contribution is 7.22. The fourth-order valence-corrected chi connectivity index (χ4v) is 2.61. The Hall–Kier alpha value is -0.290. The third kappa shape index (κ3) is 2.51. The Labute approximate surface area is 109 Å². The molecule has 0 aromatic heterocycles. The second kappa shape index (κ2) is 4.92. The van der Waals surface area contributed by atoms with Gasteiger partial charge in [-0.3, -0.25) is 0 Å². The molecule has 0 spiro atoms. The van der Waals surface area contributed by atoms with Crippen LogP contribution in [0.25, 0.3) is 5.57 Å². The highest BCUT2D eigenvalue weighted by Crippen LogP contribution is 2.37. The zero-order valence-electron chi connectivity index (χ0n) is 9.06. The van der Waals surface area contributed by atoms with Crippen molar-refractivity contribution in [2.24, 2.45) is 0 Å². The third-order valence-electron chi connectivity index (χ3n) is 2.74. The fraction of sp³-hybridized carbons (Fsp3) is 0.231. The molecule has 16 heavy (non-hydrogen) atoms. The SMILES string of the molecule is Cc1ccc(C2=CC(Cl)=C(P)CC2)c(Cl)c1. The zero-order valence-corrected chi connectivity index (χ0v) is 11.7. The van der Waals surface area contributed by atoms with Gasteiger partial charge in [0.1, 0.15) is 0 Å². The summed E-state index contributed by atoms with van der Waals surface area (Å²) in [5.41, 5.74) is 3.50. The van der Waals surface area contributed by atoms with Gasteiger partial charge in [-0.2, -0.15) is 0 Å². The highest BCUT2D eigenvalue weighted by Gasteiger charge is 2.12. The molecule has 3 heteroatoms. The average molecular weight is 271 g/mol. The molecule has 0 amide bonds. The van der Waals surface area contributed by atoms with Crippen LogP contribution in [0.1, 0.15) is 24.0 Å². The Balaban J connectivity index is 2.43. The van der Waals surface area contributed by atoms with Crippen LogP contribution in [0.4, 0.5) is 0 Å². The summed E-state index contributed by atoms with van der Waals surface area (Å²) in [4.78, 5) is 0. The Morgan fingerprint density at radius 2 is 1.94 bits per heavy atom. The molecule has 0 N–H and O–H groups in total. The van der Waals surface area contributed by atoms with Gasteiger partial charge in [-0.05, 0) is 53.9 Å². The van der Waals surface area contributed by atoms with Crippen molar-refractivity contribution in [2.45, 2.75) is 19.8 Å². The monoisotopic (exact) mass is 270 g/mol. The van der Waals surface area contributed by atoms with Gasteiger partial charge in [-0.15, -0.1) is 9.24 Å². The Morgan fingerprint density at radius 1 is 1.19 bits per heavy atom.